The highest BCUT2D eigenvalue weighted by molar-refractivity contribution is 5.89. The van der Waals surface area contributed by atoms with E-state index in [2.05, 4.69) is 36.5 Å². The monoisotopic (exact) mass is 410 g/mol. The second-order valence-electron chi connectivity index (χ2n) is 8.04. The Morgan fingerprint density at radius 1 is 1.07 bits per heavy atom. The fourth-order valence-corrected chi connectivity index (χ4v) is 4.15. The van der Waals surface area contributed by atoms with E-state index in [0.29, 0.717) is 25.3 Å². The van der Waals surface area contributed by atoms with Crippen LogP contribution in [0, 0.1) is 12.7 Å². The number of benzene rings is 2. The van der Waals surface area contributed by atoms with Crippen LogP contribution in [-0.2, 0) is 6.54 Å². The Kier molecular flexibility index (Phi) is 5.88. The van der Waals surface area contributed by atoms with Gasteiger partial charge in [0.05, 0.1) is 0 Å². The molecule has 6 nitrogen and oxygen atoms in total. The molecule has 4 rings (SSSR count). The lowest BCUT2D eigenvalue weighted by Crippen LogP contribution is -2.49. The summed E-state index contributed by atoms with van der Waals surface area (Å²) in [6.07, 6.45) is 1.50. The Morgan fingerprint density at radius 2 is 1.80 bits per heavy atom. The van der Waals surface area contributed by atoms with Crippen LogP contribution in [0.2, 0.25) is 0 Å². The predicted molar refractivity (Wildman–Crippen MR) is 114 cm³/mol. The first-order valence-electron chi connectivity index (χ1n) is 10.4. The van der Waals surface area contributed by atoms with E-state index in [0.717, 1.165) is 31.5 Å². The molecule has 2 aromatic carbocycles. The molecule has 1 N–H and O–H groups in total. The van der Waals surface area contributed by atoms with E-state index in [-0.39, 0.29) is 23.9 Å². The number of amides is 4. The van der Waals surface area contributed by atoms with Crippen LogP contribution in [0.5, 0.6) is 0 Å². The Morgan fingerprint density at radius 3 is 2.50 bits per heavy atom. The second-order valence-corrected chi connectivity index (χ2v) is 8.04. The Hall–Kier alpha value is -3.09. The minimum Gasteiger partial charge on any atom is -0.324 e. The minimum atomic E-state index is -0.380. The van der Waals surface area contributed by atoms with Crippen LogP contribution in [0.1, 0.15) is 24.0 Å². The predicted octanol–water partition coefficient (Wildman–Crippen LogP) is 4.07. The first-order valence-corrected chi connectivity index (χ1v) is 10.4. The van der Waals surface area contributed by atoms with Crippen LogP contribution in [0.25, 0.3) is 0 Å². The van der Waals surface area contributed by atoms with Crippen molar-refractivity contribution in [2.24, 2.45) is 0 Å². The minimum absolute atomic E-state index is 0.0817. The molecule has 30 heavy (non-hydrogen) atoms. The van der Waals surface area contributed by atoms with Gasteiger partial charge in [0.1, 0.15) is 5.82 Å². The van der Waals surface area contributed by atoms with Gasteiger partial charge in [0.15, 0.2) is 0 Å². The lowest BCUT2D eigenvalue weighted by Gasteiger charge is -2.36. The molecule has 0 saturated carbocycles. The average molecular weight is 410 g/mol. The van der Waals surface area contributed by atoms with Crippen molar-refractivity contribution in [2.45, 2.75) is 32.4 Å². The molecule has 2 aromatic rings. The number of rotatable bonds is 4. The molecule has 2 aliphatic heterocycles. The molecule has 2 saturated heterocycles. The van der Waals surface area contributed by atoms with Gasteiger partial charge in [-0.15, -0.1) is 0 Å². The maximum absolute atomic E-state index is 13.3. The van der Waals surface area contributed by atoms with Gasteiger partial charge in [0.2, 0.25) is 0 Å². The van der Waals surface area contributed by atoms with Gasteiger partial charge < -0.3 is 20.0 Å². The van der Waals surface area contributed by atoms with Gasteiger partial charge in [0.25, 0.3) is 0 Å². The molecule has 158 valence electrons. The van der Waals surface area contributed by atoms with Crippen molar-refractivity contribution in [3.63, 3.8) is 0 Å². The van der Waals surface area contributed by atoms with Gasteiger partial charge >= 0.3 is 12.1 Å². The van der Waals surface area contributed by atoms with Crippen LogP contribution in [0.3, 0.4) is 0 Å². The zero-order chi connectivity index (χ0) is 21.1. The molecule has 0 aromatic heterocycles. The van der Waals surface area contributed by atoms with Gasteiger partial charge in [0, 0.05) is 44.5 Å². The molecular formula is C23H27FN4O2. The molecule has 0 spiro atoms. The maximum atomic E-state index is 13.3. The molecule has 0 radical (unpaired) electrons. The maximum Gasteiger partial charge on any atom is 0.321 e. The standard InChI is InChI=1S/C23H27FN4O2/c1-17-5-7-18(8-6-17)16-27-13-14-28(23(27)30)21-9-11-26(12-10-21)22(29)25-20-4-2-3-19(24)15-20/h2-8,15,21H,9-14,16H2,1H3,(H,25,29). The van der Waals surface area contributed by atoms with Crippen LogP contribution in [-0.4, -0.2) is 59.0 Å². The summed E-state index contributed by atoms with van der Waals surface area (Å²) >= 11 is 0. The summed E-state index contributed by atoms with van der Waals surface area (Å²) in [5, 5.41) is 2.74. The van der Waals surface area contributed by atoms with Crippen LogP contribution in [0.15, 0.2) is 48.5 Å². The number of urea groups is 2. The lowest BCUT2D eigenvalue weighted by atomic mass is 10.0. The van der Waals surface area contributed by atoms with Crippen molar-refractivity contribution in [3.05, 3.63) is 65.5 Å². The molecule has 0 aliphatic carbocycles. The van der Waals surface area contributed by atoms with Crippen molar-refractivity contribution in [2.75, 3.05) is 31.5 Å². The van der Waals surface area contributed by atoms with Gasteiger partial charge in [-0.1, -0.05) is 35.9 Å². The van der Waals surface area contributed by atoms with Crippen molar-refractivity contribution in [1.82, 2.24) is 14.7 Å². The zero-order valence-electron chi connectivity index (χ0n) is 17.2. The summed E-state index contributed by atoms with van der Waals surface area (Å²) in [4.78, 5) is 30.9. The third-order valence-electron chi connectivity index (χ3n) is 5.89. The highest BCUT2D eigenvalue weighted by Crippen LogP contribution is 2.23. The molecule has 0 atom stereocenters. The van der Waals surface area contributed by atoms with E-state index in [4.69, 9.17) is 0 Å². The molecule has 2 fully saturated rings. The summed E-state index contributed by atoms with van der Waals surface area (Å²) < 4.78 is 13.3. The van der Waals surface area contributed by atoms with Gasteiger partial charge in [-0.2, -0.15) is 0 Å². The summed E-state index contributed by atoms with van der Waals surface area (Å²) in [5.74, 6) is -0.380. The van der Waals surface area contributed by atoms with Gasteiger partial charge in [-0.05, 0) is 43.5 Å². The number of carbonyl (C=O) groups is 2. The van der Waals surface area contributed by atoms with E-state index < -0.39 is 0 Å². The van der Waals surface area contributed by atoms with Crippen LogP contribution in [0.4, 0.5) is 19.7 Å². The number of nitrogens with one attached hydrogen (secondary N) is 1. The van der Waals surface area contributed by atoms with Gasteiger partial charge in [-0.25, -0.2) is 14.0 Å². The second kappa shape index (κ2) is 8.73. The summed E-state index contributed by atoms with van der Waals surface area (Å²) in [6, 6.07) is 14.2. The molecule has 2 heterocycles. The van der Waals surface area contributed by atoms with Crippen molar-refractivity contribution in [1.29, 1.82) is 0 Å². The summed E-state index contributed by atoms with van der Waals surface area (Å²) in [7, 11) is 0. The van der Waals surface area contributed by atoms with E-state index >= 15 is 0 Å². The molecule has 7 heteroatoms. The van der Waals surface area contributed by atoms with Crippen molar-refractivity contribution in [3.8, 4) is 0 Å². The number of hydrogen-bond donors (Lipinski definition) is 1. The third kappa shape index (κ3) is 4.56. The first kappa shape index (κ1) is 20.2. The van der Waals surface area contributed by atoms with Crippen molar-refractivity contribution < 1.29 is 14.0 Å². The zero-order valence-corrected chi connectivity index (χ0v) is 17.2. The highest BCUT2D eigenvalue weighted by Gasteiger charge is 2.35. The quantitative estimate of drug-likeness (QED) is 0.826. The largest absolute Gasteiger partial charge is 0.324 e. The first-order chi connectivity index (χ1) is 14.5. The number of aryl methyl sites for hydroxylation is 1. The molecule has 0 bridgehead atoms. The number of piperidine rings is 1. The number of likely N-dealkylation sites (tertiary alicyclic amines) is 1. The van der Waals surface area contributed by atoms with E-state index in [1.807, 2.05) is 9.80 Å². The lowest BCUT2D eigenvalue weighted by molar-refractivity contribution is 0.139. The van der Waals surface area contributed by atoms with Gasteiger partial charge in [-0.3, -0.25) is 0 Å². The average Bonchev–Trinajstić information content (AvgIpc) is 3.10. The number of nitrogens with zero attached hydrogens (tertiary/aromatic N) is 3. The van der Waals surface area contributed by atoms with Crippen LogP contribution >= 0.6 is 0 Å². The van der Waals surface area contributed by atoms with E-state index in [9.17, 15) is 14.0 Å². The smallest absolute Gasteiger partial charge is 0.321 e. The van der Waals surface area contributed by atoms with Crippen molar-refractivity contribution >= 4 is 17.7 Å². The number of halogens is 1. The Balaban J connectivity index is 1.28. The molecular weight excluding hydrogens is 383 g/mol. The third-order valence-corrected chi connectivity index (χ3v) is 5.89. The topological polar surface area (TPSA) is 55.9 Å². The Bertz CT molecular complexity index is 910. The fourth-order valence-electron chi connectivity index (χ4n) is 4.15. The highest BCUT2D eigenvalue weighted by atomic mass is 19.1. The van der Waals surface area contributed by atoms with E-state index in [1.54, 1.807) is 17.0 Å². The summed E-state index contributed by atoms with van der Waals surface area (Å²) in [6.45, 7) is 5.29. The molecule has 2 aliphatic rings. The molecule has 0 unspecified atom stereocenters. The molecule has 4 amide bonds. The summed E-state index contributed by atoms with van der Waals surface area (Å²) in [5.41, 5.74) is 2.80. The Labute approximate surface area is 176 Å². The van der Waals surface area contributed by atoms with Crippen LogP contribution < -0.4 is 5.32 Å². The number of carbonyl (C=O) groups excluding carboxylic acids is 2. The number of anilines is 1. The fraction of sp³-hybridized carbons (Fsp3) is 0.391. The van der Waals surface area contributed by atoms with E-state index in [1.165, 1.54) is 17.7 Å². The SMILES string of the molecule is Cc1ccc(CN2CCN(C3CCN(C(=O)Nc4cccc(F)c4)CC3)C2=O)cc1. The number of hydrogen-bond acceptors (Lipinski definition) is 2. The normalized spacial score (nSPS) is 17.5.